The lowest BCUT2D eigenvalue weighted by molar-refractivity contribution is -0.143. The van der Waals surface area contributed by atoms with Gasteiger partial charge in [0.25, 0.3) is 5.91 Å². The number of benzene rings is 1. The molecule has 0 bridgehead atoms. The zero-order valence-electron chi connectivity index (χ0n) is 18.8. The Morgan fingerprint density at radius 3 is 2.59 bits per heavy atom. The quantitative estimate of drug-likeness (QED) is 0.732. The number of nitrogens with zero attached hydrogens (tertiary/aromatic N) is 3. The first-order chi connectivity index (χ1) is 15.3. The summed E-state index contributed by atoms with van der Waals surface area (Å²) in [6.07, 6.45) is 4.44. The van der Waals surface area contributed by atoms with Crippen molar-refractivity contribution in [1.29, 1.82) is 0 Å². The standard InChI is InChI=1S/C24H30N4O4/c1-13-12-17(8-9-18(13)16-6-4-15(5-7-16)14(2)23(30)31)28-11-10-19-20(22(28)29)21(25)27-24(26-19)32-3/h8-9,12,14-16H,4-7,10-11H2,1-3H3,(H,30,31)(H2,25,26,27)/t14?,15-,16-. The lowest BCUT2D eigenvalue weighted by Gasteiger charge is -2.32. The Morgan fingerprint density at radius 1 is 1.25 bits per heavy atom. The molecule has 1 aromatic carbocycles. The van der Waals surface area contributed by atoms with Gasteiger partial charge in [0.2, 0.25) is 0 Å². The van der Waals surface area contributed by atoms with Crippen molar-refractivity contribution in [2.45, 2.75) is 51.9 Å². The number of carbonyl (C=O) groups is 2. The molecule has 1 fully saturated rings. The summed E-state index contributed by atoms with van der Waals surface area (Å²) in [6, 6.07) is 6.35. The fourth-order valence-electron chi connectivity index (χ4n) is 5.13. The number of ether oxygens (including phenoxy) is 1. The summed E-state index contributed by atoms with van der Waals surface area (Å²) in [5.41, 5.74) is 10.3. The molecule has 2 heterocycles. The van der Waals surface area contributed by atoms with Gasteiger partial charge in [0.15, 0.2) is 0 Å². The highest BCUT2D eigenvalue weighted by Crippen LogP contribution is 2.40. The minimum Gasteiger partial charge on any atom is -0.481 e. The first kappa shape index (κ1) is 22.0. The number of aromatic nitrogens is 2. The molecule has 2 aliphatic rings. The van der Waals surface area contributed by atoms with Crippen molar-refractivity contribution in [2.75, 3.05) is 24.3 Å². The van der Waals surface area contributed by atoms with Crippen LogP contribution in [0, 0.1) is 18.8 Å². The summed E-state index contributed by atoms with van der Waals surface area (Å²) >= 11 is 0. The van der Waals surface area contributed by atoms with Crippen LogP contribution in [-0.2, 0) is 11.2 Å². The Balaban J connectivity index is 1.51. The van der Waals surface area contributed by atoms with Gasteiger partial charge in [-0.1, -0.05) is 13.0 Å². The van der Waals surface area contributed by atoms with E-state index < -0.39 is 5.97 Å². The van der Waals surface area contributed by atoms with Crippen LogP contribution in [0.1, 0.15) is 65.7 Å². The van der Waals surface area contributed by atoms with Gasteiger partial charge in [-0.2, -0.15) is 9.97 Å². The van der Waals surface area contributed by atoms with Crippen molar-refractivity contribution < 1.29 is 19.4 Å². The lowest BCUT2D eigenvalue weighted by Crippen LogP contribution is -2.39. The number of rotatable bonds is 5. The third-order valence-corrected chi connectivity index (χ3v) is 7.08. The Morgan fingerprint density at radius 2 is 1.97 bits per heavy atom. The number of nitrogen functional groups attached to an aromatic ring is 1. The molecule has 170 valence electrons. The van der Waals surface area contributed by atoms with Gasteiger partial charge < -0.3 is 20.5 Å². The van der Waals surface area contributed by atoms with Crippen molar-refractivity contribution in [3.05, 3.63) is 40.6 Å². The van der Waals surface area contributed by atoms with Crippen LogP contribution < -0.4 is 15.4 Å². The van der Waals surface area contributed by atoms with E-state index in [0.29, 0.717) is 30.1 Å². The highest BCUT2D eigenvalue weighted by atomic mass is 16.5. The monoisotopic (exact) mass is 438 g/mol. The van der Waals surface area contributed by atoms with Crippen molar-refractivity contribution in [3.63, 3.8) is 0 Å². The average molecular weight is 439 g/mol. The van der Waals surface area contributed by atoms with Gasteiger partial charge in [-0.05, 0) is 67.7 Å². The number of fused-ring (bicyclic) bond motifs is 1. The highest BCUT2D eigenvalue weighted by molar-refractivity contribution is 6.10. The first-order valence-corrected chi connectivity index (χ1v) is 11.2. The molecule has 0 saturated heterocycles. The molecule has 1 atom stereocenters. The van der Waals surface area contributed by atoms with Crippen LogP contribution in [0.5, 0.6) is 6.01 Å². The van der Waals surface area contributed by atoms with Crippen molar-refractivity contribution >= 4 is 23.4 Å². The SMILES string of the molecule is COc1nc(N)c2c(n1)CCN(c1ccc([C@H]3CC[C@H](C(C)C(=O)O)CC3)c(C)c1)C2=O. The molecule has 3 N–H and O–H groups in total. The fraction of sp³-hybridized carbons (Fsp3) is 0.500. The van der Waals surface area contributed by atoms with Crippen molar-refractivity contribution in [1.82, 2.24) is 9.97 Å². The van der Waals surface area contributed by atoms with Crippen LogP contribution in [0.2, 0.25) is 0 Å². The van der Waals surface area contributed by atoms with E-state index in [0.717, 1.165) is 36.9 Å². The zero-order valence-corrected chi connectivity index (χ0v) is 18.8. The third kappa shape index (κ3) is 4.01. The topological polar surface area (TPSA) is 119 Å². The maximum absolute atomic E-state index is 13.2. The van der Waals surface area contributed by atoms with Gasteiger partial charge in [0.05, 0.1) is 18.7 Å². The van der Waals surface area contributed by atoms with Gasteiger partial charge in [-0.3, -0.25) is 9.59 Å². The second-order valence-corrected chi connectivity index (χ2v) is 8.90. The second kappa shape index (κ2) is 8.76. The number of hydrogen-bond donors (Lipinski definition) is 2. The van der Waals surface area contributed by atoms with Gasteiger partial charge >= 0.3 is 12.0 Å². The highest BCUT2D eigenvalue weighted by Gasteiger charge is 2.32. The first-order valence-electron chi connectivity index (χ1n) is 11.2. The molecule has 1 saturated carbocycles. The van der Waals surface area contributed by atoms with Crippen molar-refractivity contribution in [2.24, 2.45) is 11.8 Å². The number of nitrogens with two attached hydrogens (primary N) is 1. The average Bonchev–Trinajstić information content (AvgIpc) is 2.78. The number of carbonyl (C=O) groups excluding carboxylic acids is 1. The van der Waals surface area contributed by atoms with E-state index in [1.807, 2.05) is 13.0 Å². The molecule has 4 rings (SSSR count). The summed E-state index contributed by atoms with van der Waals surface area (Å²) < 4.78 is 5.07. The molecular formula is C24H30N4O4. The minimum absolute atomic E-state index is 0.141. The van der Waals surface area contributed by atoms with Gasteiger partial charge in [0, 0.05) is 18.7 Å². The maximum atomic E-state index is 13.2. The summed E-state index contributed by atoms with van der Waals surface area (Å²) in [5, 5.41) is 9.29. The Kier molecular flexibility index (Phi) is 6.04. The van der Waals surface area contributed by atoms with Crippen LogP contribution >= 0.6 is 0 Å². The van der Waals surface area contributed by atoms with Gasteiger partial charge in [-0.15, -0.1) is 0 Å². The molecule has 0 spiro atoms. The second-order valence-electron chi connectivity index (χ2n) is 8.90. The number of amides is 1. The number of methoxy groups -OCH3 is 1. The number of aryl methyl sites for hydroxylation is 1. The maximum Gasteiger partial charge on any atom is 0.318 e. The van der Waals surface area contributed by atoms with E-state index in [4.69, 9.17) is 10.5 Å². The molecule has 1 aliphatic heterocycles. The van der Waals surface area contributed by atoms with Crippen LogP contribution in [0.4, 0.5) is 11.5 Å². The summed E-state index contributed by atoms with van der Waals surface area (Å²) in [5.74, 6) is -0.366. The molecule has 1 unspecified atom stereocenters. The lowest BCUT2D eigenvalue weighted by atomic mass is 9.73. The molecule has 1 amide bonds. The van der Waals surface area contributed by atoms with E-state index in [1.165, 1.54) is 12.7 Å². The molecule has 8 nitrogen and oxygen atoms in total. The molecule has 32 heavy (non-hydrogen) atoms. The Labute approximate surface area is 187 Å². The van der Waals surface area contributed by atoms with E-state index in [-0.39, 0.29) is 29.6 Å². The largest absolute Gasteiger partial charge is 0.481 e. The number of anilines is 2. The Bertz CT molecular complexity index is 1050. The van der Waals surface area contributed by atoms with Gasteiger partial charge in [-0.25, -0.2) is 0 Å². The van der Waals surface area contributed by atoms with Gasteiger partial charge in [0.1, 0.15) is 11.4 Å². The molecule has 0 radical (unpaired) electrons. The number of carboxylic acids is 1. The van der Waals surface area contributed by atoms with E-state index >= 15 is 0 Å². The van der Waals surface area contributed by atoms with E-state index in [1.54, 1.807) is 4.90 Å². The van der Waals surface area contributed by atoms with Crippen molar-refractivity contribution in [3.8, 4) is 6.01 Å². The molecule has 1 aromatic heterocycles. The summed E-state index contributed by atoms with van der Waals surface area (Å²) in [4.78, 5) is 34.6. The summed E-state index contributed by atoms with van der Waals surface area (Å²) in [6.45, 7) is 4.41. The zero-order chi connectivity index (χ0) is 23.0. The van der Waals surface area contributed by atoms with Crippen LogP contribution in [0.15, 0.2) is 18.2 Å². The van der Waals surface area contributed by atoms with E-state index in [2.05, 4.69) is 29.0 Å². The molecule has 8 heteroatoms. The smallest absolute Gasteiger partial charge is 0.318 e. The predicted molar refractivity (Wildman–Crippen MR) is 121 cm³/mol. The molecular weight excluding hydrogens is 408 g/mol. The molecule has 1 aliphatic carbocycles. The predicted octanol–water partition coefficient (Wildman–Crippen LogP) is 3.57. The molecule has 2 aromatic rings. The number of aliphatic carboxylic acids is 1. The third-order valence-electron chi connectivity index (χ3n) is 7.08. The van der Waals surface area contributed by atoms with Crippen LogP contribution in [0.3, 0.4) is 0 Å². The van der Waals surface area contributed by atoms with E-state index in [9.17, 15) is 14.7 Å². The number of hydrogen-bond acceptors (Lipinski definition) is 6. The normalized spacial score (nSPS) is 21.7. The number of carboxylic acid groups (broad SMARTS) is 1. The van der Waals surface area contributed by atoms with Crippen LogP contribution in [0.25, 0.3) is 0 Å². The summed E-state index contributed by atoms with van der Waals surface area (Å²) in [7, 11) is 1.47. The Hall–Kier alpha value is -3.16. The minimum atomic E-state index is -0.703. The van der Waals surface area contributed by atoms with Crippen LogP contribution in [-0.4, -0.2) is 40.6 Å². The fourth-order valence-corrected chi connectivity index (χ4v) is 5.13.